The van der Waals surface area contributed by atoms with Crippen molar-refractivity contribution in [3.8, 4) is 0 Å². The third-order valence-electron chi connectivity index (χ3n) is 4.01. The molecule has 126 valence electrons. The monoisotopic (exact) mass is 380 g/mol. The molecule has 0 fully saturated rings. The van der Waals surface area contributed by atoms with Gasteiger partial charge >= 0.3 is 0 Å². The van der Waals surface area contributed by atoms with Crippen molar-refractivity contribution in [2.24, 2.45) is 0 Å². The zero-order valence-electron chi connectivity index (χ0n) is 13.7. The number of rotatable bonds is 17. The topological polar surface area (TPSA) is 17.1 Å². The first-order chi connectivity index (χ1) is 10.3. The number of hydrogen-bond acceptors (Lipinski definition) is 1. The van der Waals surface area contributed by atoms with Crippen LogP contribution in [0.4, 0.5) is 0 Å². The zero-order valence-corrected chi connectivity index (χ0v) is 16.0. The van der Waals surface area contributed by atoms with Crippen molar-refractivity contribution < 1.29 is 4.79 Å². The summed E-state index contributed by atoms with van der Waals surface area (Å²) in [5, 5.41) is 0.982. The Morgan fingerprint density at radius 1 is 0.571 bits per heavy atom. The molecule has 0 rings (SSSR count). The maximum atomic E-state index is 10.6. The second kappa shape index (κ2) is 18.5. The lowest BCUT2D eigenvalue weighted by Crippen LogP contribution is -1.86. The fourth-order valence-electron chi connectivity index (χ4n) is 2.66. The Morgan fingerprint density at radius 3 is 1.14 bits per heavy atom. The Kier molecular flexibility index (Phi) is 18.9. The van der Waals surface area contributed by atoms with Gasteiger partial charge in [0.2, 0.25) is 5.24 Å². The van der Waals surface area contributed by atoms with Crippen LogP contribution >= 0.6 is 27.5 Å². The van der Waals surface area contributed by atoms with Crippen LogP contribution in [0.15, 0.2) is 0 Å². The quantitative estimate of drug-likeness (QED) is 0.146. The van der Waals surface area contributed by atoms with E-state index in [0.717, 1.165) is 18.2 Å². The molecule has 1 nitrogen and oxygen atoms in total. The third-order valence-corrected chi connectivity index (χ3v) is 4.76. The van der Waals surface area contributed by atoms with Crippen LogP contribution in [-0.2, 0) is 4.79 Å². The van der Waals surface area contributed by atoms with Gasteiger partial charge in [-0.1, -0.05) is 99.4 Å². The van der Waals surface area contributed by atoms with Gasteiger partial charge < -0.3 is 0 Å². The second-order valence-corrected chi connectivity index (χ2v) is 7.31. The molecule has 0 amide bonds. The molecule has 21 heavy (non-hydrogen) atoms. The molecule has 0 aliphatic heterocycles. The van der Waals surface area contributed by atoms with Crippen molar-refractivity contribution in [2.75, 3.05) is 5.33 Å². The summed E-state index contributed by atoms with van der Waals surface area (Å²) in [5.74, 6) is 0. The van der Waals surface area contributed by atoms with Crippen molar-refractivity contribution in [1.29, 1.82) is 0 Å². The van der Waals surface area contributed by atoms with E-state index in [2.05, 4.69) is 15.9 Å². The summed E-state index contributed by atoms with van der Waals surface area (Å²) >= 11 is 8.78. The molecule has 0 aromatic carbocycles. The van der Waals surface area contributed by atoms with E-state index in [1.165, 1.54) is 83.5 Å². The fourth-order valence-corrected chi connectivity index (χ4v) is 3.19. The standard InChI is InChI=1S/C18H34BrClO/c19-17-15-13-11-9-7-5-3-1-2-4-6-8-10-12-14-16-18(20)21/h1-17H2. The van der Waals surface area contributed by atoms with E-state index >= 15 is 0 Å². The van der Waals surface area contributed by atoms with Crippen LogP contribution in [0.2, 0.25) is 0 Å². The molecule has 3 heteroatoms. The molecule has 0 aromatic rings. The first-order valence-corrected chi connectivity index (χ1v) is 10.5. The number of hydrogen-bond donors (Lipinski definition) is 0. The predicted octanol–water partition coefficient (Wildman–Crippen LogP) is 7.39. The van der Waals surface area contributed by atoms with E-state index in [4.69, 9.17) is 11.6 Å². The number of unbranched alkanes of at least 4 members (excludes halogenated alkanes) is 14. The zero-order chi connectivity index (χ0) is 15.6. The van der Waals surface area contributed by atoms with Gasteiger partial charge in [0.15, 0.2) is 0 Å². The molecule has 0 aliphatic rings. The van der Waals surface area contributed by atoms with Crippen molar-refractivity contribution in [3.05, 3.63) is 0 Å². The van der Waals surface area contributed by atoms with E-state index in [1.807, 2.05) is 0 Å². The van der Waals surface area contributed by atoms with Gasteiger partial charge in [-0.15, -0.1) is 0 Å². The summed E-state index contributed by atoms with van der Waals surface area (Å²) in [6, 6.07) is 0. The maximum Gasteiger partial charge on any atom is 0.221 e. The number of halogens is 2. The average Bonchev–Trinajstić information content (AvgIpc) is 2.46. The molecule has 0 unspecified atom stereocenters. The molecular formula is C18H34BrClO. The lowest BCUT2D eigenvalue weighted by Gasteiger charge is -2.03. The highest BCUT2D eigenvalue weighted by atomic mass is 79.9. The van der Waals surface area contributed by atoms with Crippen molar-refractivity contribution >= 4 is 32.8 Å². The molecule has 0 aromatic heterocycles. The summed E-state index contributed by atoms with van der Waals surface area (Å²) in [5.41, 5.74) is 0. The molecule has 0 N–H and O–H groups in total. The van der Waals surface area contributed by atoms with Crippen LogP contribution in [-0.4, -0.2) is 10.6 Å². The summed E-state index contributed by atoms with van der Waals surface area (Å²) in [6.45, 7) is 0. The van der Waals surface area contributed by atoms with Crippen LogP contribution < -0.4 is 0 Å². The Morgan fingerprint density at radius 2 is 0.857 bits per heavy atom. The second-order valence-electron chi connectivity index (χ2n) is 6.10. The average molecular weight is 382 g/mol. The predicted molar refractivity (Wildman–Crippen MR) is 98.5 cm³/mol. The minimum absolute atomic E-state index is 0.182. The van der Waals surface area contributed by atoms with Crippen LogP contribution in [0.3, 0.4) is 0 Å². The molecule has 0 aliphatic carbocycles. The Hall–Kier alpha value is 0.440. The van der Waals surface area contributed by atoms with Crippen LogP contribution in [0.1, 0.15) is 103 Å². The van der Waals surface area contributed by atoms with Gasteiger partial charge in [-0.3, -0.25) is 4.79 Å². The highest BCUT2D eigenvalue weighted by molar-refractivity contribution is 9.09. The van der Waals surface area contributed by atoms with Crippen LogP contribution in [0, 0.1) is 0 Å². The Balaban J connectivity index is 2.95. The Bertz CT molecular complexity index is 221. The number of carbonyl (C=O) groups excluding carboxylic acids is 1. The SMILES string of the molecule is O=C(Cl)CCCCCCCCCCCCCCCCCBr. The summed E-state index contributed by atoms with van der Waals surface area (Å²) in [4.78, 5) is 10.6. The summed E-state index contributed by atoms with van der Waals surface area (Å²) < 4.78 is 0. The highest BCUT2D eigenvalue weighted by Crippen LogP contribution is 2.14. The molecule has 0 bridgehead atoms. The van der Waals surface area contributed by atoms with E-state index in [-0.39, 0.29) is 5.24 Å². The van der Waals surface area contributed by atoms with Gasteiger partial charge in [-0.05, 0) is 24.4 Å². The lowest BCUT2D eigenvalue weighted by molar-refractivity contribution is -0.111. The minimum atomic E-state index is -0.182. The van der Waals surface area contributed by atoms with E-state index in [0.29, 0.717) is 6.42 Å². The molecule has 0 spiro atoms. The van der Waals surface area contributed by atoms with Crippen molar-refractivity contribution in [1.82, 2.24) is 0 Å². The van der Waals surface area contributed by atoms with Gasteiger partial charge in [0.1, 0.15) is 0 Å². The van der Waals surface area contributed by atoms with E-state index in [9.17, 15) is 4.79 Å². The largest absolute Gasteiger partial charge is 0.281 e. The first-order valence-electron chi connectivity index (χ1n) is 9.01. The number of carbonyl (C=O) groups is 1. The maximum absolute atomic E-state index is 10.6. The highest BCUT2D eigenvalue weighted by Gasteiger charge is 1.96. The van der Waals surface area contributed by atoms with Gasteiger partial charge in [0, 0.05) is 11.8 Å². The van der Waals surface area contributed by atoms with Crippen molar-refractivity contribution in [2.45, 2.75) is 103 Å². The first kappa shape index (κ1) is 21.4. The van der Waals surface area contributed by atoms with Gasteiger partial charge in [0.25, 0.3) is 0 Å². The van der Waals surface area contributed by atoms with E-state index < -0.39 is 0 Å². The molecule has 0 saturated heterocycles. The molecule has 0 heterocycles. The van der Waals surface area contributed by atoms with Gasteiger partial charge in [0.05, 0.1) is 0 Å². The molecule has 0 atom stereocenters. The van der Waals surface area contributed by atoms with Crippen LogP contribution in [0.5, 0.6) is 0 Å². The van der Waals surface area contributed by atoms with Gasteiger partial charge in [-0.2, -0.15) is 0 Å². The molecular weight excluding hydrogens is 348 g/mol. The summed E-state index contributed by atoms with van der Waals surface area (Å²) in [6.07, 6.45) is 20.7. The third kappa shape index (κ3) is 20.4. The Labute approximate surface area is 145 Å². The normalized spacial score (nSPS) is 11.0. The minimum Gasteiger partial charge on any atom is -0.281 e. The fraction of sp³-hybridized carbons (Fsp3) is 0.944. The molecule has 0 radical (unpaired) electrons. The van der Waals surface area contributed by atoms with Gasteiger partial charge in [-0.25, -0.2) is 0 Å². The summed E-state index contributed by atoms with van der Waals surface area (Å²) in [7, 11) is 0. The van der Waals surface area contributed by atoms with E-state index in [1.54, 1.807) is 0 Å². The van der Waals surface area contributed by atoms with Crippen molar-refractivity contribution in [3.63, 3.8) is 0 Å². The number of alkyl halides is 1. The lowest BCUT2D eigenvalue weighted by atomic mass is 10.0. The van der Waals surface area contributed by atoms with Crippen LogP contribution in [0.25, 0.3) is 0 Å². The smallest absolute Gasteiger partial charge is 0.221 e. The molecule has 0 saturated carbocycles.